The van der Waals surface area contributed by atoms with E-state index in [4.69, 9.17) is 5.11 Å². The second kappa shape index (κ2) is 7.51. The maximum absolute atomic E-state index is 10.8. The highest BCUT2D eigenvalue weighted by atomic mass is 79.9. The summed E-state index contributed by atoms with van der Waals surface area (Å²) in [6.07, 6.45) is 1.42. The summed E-state index contributed by atoms with van der Waals surface area (Å²) in [7, 11) is 0. The summed E-state index contributed by atoms with van der Waals surface area (Å²) in [5.41, 5.74) is 1.24. The summed E-state index contributed by atoms with van der Waals surface area (Å²) in [6.45, 7) is 3.17. The zero-order valence-corrected chi connectivity index (χ0v) is 11.9. The SMILES string of the molecule is CCCC(O)CNCc1ccc(C(=O)O)cc1Br. The van der Waals surface area contributed by atoms with Gasteiger partial charge in [-0.05, 0) is 24.1 Å². The van der Waals surface area contributed by atoms with E-state index in [-0.39, 0.29) is 11.7 Å². The van der Waals surface area contributed by atoms with E-state index >= 15 is 0 Å². The summed E-state index contributed by atoms with van der Waals surface area (Å²) in [4.78, 5) is 10.8. The second-order valence-corrected chi connectivity index (χ2v) is 5.04. The lowest BCUT2D eigenvalue weighted by Crippen LogP contribution is -2.26. The van der Waals surface area contributed by atoms with Crippen molar-refractivity contribution in [1.29, 1.82) is 0 Å². The first-order chi connectivity index (χ1) is 8.54. The van der Waals surface area contributed by atoms with E-state index in [9.17, 15) is 9.90 Å². The first-order valence-electron chi connectivity index (χ1n) is 5.95. The predicted molar refractivity (Wildman–Crippen MR) is 73.7 cm³/mol. The Bertz CT molecular complexity index is 409. The van der Waals surface area contributed by atoms with Crippen LogP contribution in [0.5, 0.6) is 0 Å². The van der Waals surface area contributed by atoms with Crippen molar-refractivity contribution in [2.24, 2.45) is 0 Å². The molecule has 1 rings (SSSR count). The van der Waals surface area contributed by atoms with Gasteiger partial charge in [-0.3, -0.25) is 0 Å². The number of aromatic carboxylic acids is 1. The van der Waals surface area contributed by atoms with Crippen molar-refractivity contribution in [3.8, 4) is 0 Å². The number of carbonyl (C=O) groups is 1. The quantitative estimate of drug-likeness (QED) is 0.722. The molecule has 1 aromatic carbocycles. The lowest BCUT2D eigenvalue weighted by Gasteiger charge is -2.11. The second-order valence-electron chi connectivity index (χ2n) is 4.18. The molecule has 0 heterocycles. The molecule has 0 saturated carbocycles. The van der Waals surface area contributed by atoms with Crippen molar-refractivity contribution < 1.29 is 15.0 Å². The smallest absolute Gasteiger partial charge is 0.335 e. The van der Waals surface area contributed by atoms with Gasteiger partial charge < -0.3 is 15.5 Å². The van der Waals surface area contributed by atoms with Crippen LogP contribution in [-0.2, 0) is 6.54 Å². The first kappa shape index (κ1) is 15.1. The molecule has 1 aromatic rings. The van der Waals surface area contributed by atoms with Crippen LogP contribution in [0.1, 0.15) is 35.7 Å². The summed E-state index contributed by atoms with van der Waals surface area (Å²) in [5, 5.41) is 21.5. The Balaban J connectivity index is 2.50. The van der Waals surface area contributed by atoms with Gasteiger partial charge in [-0.1, -0.05) is 35.3 Å². The number of nitrogens with one attached hydrogen (secondary N) is 1. The molecule has 3 N–H and O–H groups in total. The van der Waals surface area contributed by atoms with Gasteiger partial charge in [-0.15, -0.1) is 0 Å². The normalized spacial score (nSPS) is 12.4. The summed E-state index contributed by atoms with van der Waals surface area (Å²) in [5.74, 6) is -0.937. The van der Waals surface area contributed by atoms with Crippen LogP contribution in [0.25, 0.3) is 0 Å². The molecule has 4 nitrogen and oxygen atoms in total. The average Bonchev–Trinajstić information content (AvgIpc) is 2.31. The van der Waals surface area contributed by atoms with Crippen LogP contribution in [0.15, 0.2) is 22.7 Å². The Kier molecular flexibility index (Phi) is 6.32. The number of aliphatic hydroxyl groups excluding tert-OH is 1. The van der Waals surface area contributed by atoms with Crippen LogP contribution >= 0.6 is 15.9 Å². The van der Waals surface area contributed by atoms with Crippen molar-refractivity contribution in [3.05, 3.63) is 33.8 Å². The van der Waals surface area contributed by atoms with E-state index in [0.29, 0.717) is 13.1 Å². The maximum Gasteiger partial charge on any atom is 0.335 e. The number of carboxylic acid groups (broad SMARTS) is 1. The summed E-state index contributed by atoms with van der Waals surface area (Å²) < 4.78 is 0.764. The lowest BCUT2D eigenvalue weighted by molar-refractivity contribution is 0.0697. The van der Waals surface area contributed by atoms with Crippen molar-refractivity contribution in [3.63, 3.8) is 0 Å². The minimum Gasteiger partial charge on any atom is -0.478 e. The first-order valence-corrected chi connectivity index (χ1v) is 6.74. The van der Waals surface area contributed by atoms with Crippen molar-refractivity contribution in [1.82, 2.24) is 5.32 Å². The minimum absolute atomic E-state index is 0.261. The van der Waals surface area contributed by atoms with Crippen LogP contribution < -0.4 is 5.32 Å². The van der Waals surface area contributed by atoms with E-state index in [0.717, 1.165) is 22.9 Å². The Labute approximate surface area is 115 Å². The standard InChI is InChI=1S/C13H18BrNO3/c1-2-3-11(16)8-15-7-10-5-4-9(13(17)18)6-12(10)14/h4-6,11,15-16H,2-3,7-8H2,1H3,(H,17,18). The average molecular weight is 316 g/mol. The van der Waals surface area contributed by atoms with E-state index in [2.05, 4.69) is 21.2 Å². The zero-order valence-electron chi connectivity index (χ0n) is 10.3. The van der Waals surface area contributed by atoms with Gasteiger partial charge in [0.15, 0.2) is 0 Å². The Hall–Kier alpha value is -0.910. The van der Waals surface area contributed by atoms with Gasteiger partial charge in [-0.2, -0.15) is 0 Å². The fourth-order valence-electron chi connectivity index (χ4n) is 1.63. The molecule has 0 saturated heterocycles. The third-order valence-corrected chi connectivity index (χ3v) is 3.36. The maximum atomic E-state index is 10.8. The third-order valence-electron chi connectivity index (χ3n) is 2.62. The van der Waals surface area contributed by atoms with Gasteiger partial charge in [0.2, 0.25) is 0 Å². The summed E-state index contributed by atoms with van der Waals surface area (Å²) in [6, 6.07) is 4.93. The van der Waals surface area contributed by atoms with Crippen LogP contribution in [0.4, 0.5) is 0 Å². The Morgan fingerprint density at radius 2 is 2.22 bits per heavy atom. The van der Waals surface area contributed by atoms with Crippen molar-refractivity contribution in [2.45, 2.75) is 32.4 Å². The van der Waals surface area contributed by atoms with Gasteiger partial charge in [0, 0.05) is 17.6 Å². The third kappa shape index (κ3) is 4.76. The Morgan fingerprint density at radius 3 is 2.78 bits per heavy atom. The number of hydrogen-bond acceptors (Lipinski definition) is 3. The van der Waals surface area contributed by atoms with E-state index < -0.39 is 5.97 Å². The molecule has 100 valence electrons. The van der Waals surface area contributed by atoms with Crippen LogP contribution in [0.2, 0.25) is 0 Å². The zero-order chi connectivity index (χ0) is 13.5. The molecule has 0 spiro atoms. The van der Waals surface area contributed by atoms with Crippen LogP contribution in [-0.4, -0.2) is 28.8 Å². The molecule has 0 aromatic heterocycles. The predicted octanol–water partition coefficient (Wildman–Crippen LogP) is 2.40. The highest BCUT2D eigenvalue weighted by Crippen LogP contribution is 2.18. The number of carboxylic acids is 1. The molecule has 0 bridgehead atoms. The van der Waals surface area contributed by atoms with Gasteiger partial charge in [0.25, 0.3) is 0 Å². The molecule has 0 fully saturated rings. The van der Waals surface area contributed by atoms with Gasteiger partial charge in [0.1, 0.15) is 0 Å². The van der Waals surface area contributed by atoms with E-state index in [1.165, 1.54) is 0 Å². The molecule has 0 aliphatic rings. The topological polar surface area (TPSA) is 69.6 Å². The monoisotopic (exact) mass is 315 g/mol. The Morgan fingerprint density at radius 1 is 1.50 bits per heavy atom. The van der Waals surface area contributed by atoms with Gasteiger partial charge >= 0.3 is 5.97 Å². The largest absolute Gasteiger partial charge is 0.478 e. The molecule has 0 aliphatic heterocycles. The molecule has 0 radical (unpaired) electrons. The molecule has 1 unspecified atom stereocenters. The highest BCUT2D eigenvalue weighted by Gasteiger charge is 2.07. The van der Waals surface area contributed by atoms with Crippen molar-refractivity contribution in [2.75, 3.05) is 6.54 Å². The van der Waals surface area contributed by atoms with E-state index in [1.807, 2.05) is 6.92 Å². The molecular formula is C13H18BrNO3. The van der Waals surface area contributed by atoms with Gasteiger partial charge in [0.05, 0.1) is 11.7 Å². The number of aliphatic hydroxyl groups is 1. The molecular weight excluding hydrogens is 298 g/mol. The van der Waals surface area contributed by atoms with Crippen molar-refractivity contribution >= 4 is 21.9 Å². The number of rotatable bonds is 7. The highest BCUT2D eigenvalue weighted by molar-refractivity contribution is 9.10. The molecule has 0 aliphatic carbocycles. The van der Waals surface area contributed by atoms with Crippen LogP contribution in [0, 0.1) is 0 Å². The fraction of sp³-hybridized carbons (Fsp3) is 0.462. The molecule has 0 amide bonds. The van der Waals surface area contributed by atoms with E-state index in [1.54, 1.807) is 18.2 Å². The number of halogens is 1. The van der Waals surface area contributed by atoms with Crippen LogP contribution in [0.3, 0.4) is 0 Å². The number of hydrogen-bond donors (Lipinski definition) is 3. The minimum atomic E-state index is -0.937. The molecule has 1 atom stereocenters. The fourth-order valence-corrected chi connectivity index (χ4v) is 2.15. The van der Waals surface area contributed by atoms with Gasteiger partial charge in [-0.25, -0.2) is 4.79 Å². The lowest BCUT2D eigenvalue weighted by atomic mass is 10.1. The molecule has 5 heteroatoms. The molecule has 18 heavy (non-hydrogen) atoms. The number of benzene rings is 1. The summed E-state index contributed by atoms with van der Waals surface area (Å²) >= 11 is 3.35.